The van der Waals surface area contributed by atoms with Gasteiger partial charge in [-0.1, -0.05) is 6.07 Å². The van der Waals surface area contributed by atoms with Gasteiger partial charge in [0.05, 0.1) is 21.4 Å². The zero-order valence-electron chi connectivity index (χ0n) is 16.1. The monoisotopic (exact) mass is 449 g/mol. The molecule has 3 rings (SSSR count). The van der Waals surface area contributed by atoms with E-state index in [1.165, 1.54) is 36.0 Å². The molecule has 2 aromatic carbocycles. The summed E-state index contributed by atoms with van der Waals surface area (Å²) in [5, 5.41) is 10.1. The summed E-state index contributed by atoms with van der Waals surface area (Å²) < 4.78 is 28.2. The number of carbonyl (C=O) groups is 3. The first-order valence-corrected chi connectivity index (χ1v) is 11.2. The topological polar surface area (TPSA) is 145 Å². The maximum Gasteiger partial charge on any atom is 0.338 e. The van der Waals surface area contributed by atoms with Crippen LogP contribution in [0, 0.1) is 6.92 Å². The summed E-state index contributed by atoms with van der Waals surface area (Å²) in [5.74, 6) is -1.54. The molecule has 9 nitrogen and oxygen atoms in total. The van der Waals surface area contributed by atoms with Crippen molar-refractivity contribution in [1.29, 1.82) is 0 Å². The van der Waals surface area contributed by atoms with E-state index in [1.54, 1.807) is 26.0 Å². The van der Waals surface area contributed by atoms with Crippen molar-refractivity contribution in [2.24, 2.45) is 5.14 Å². The molecule has 1 unspecified atom stereocenters. The minimum atomic E-state index is -3.94. The number of aryl methyl sites for hydroxylation is 1. The van der Waals surface area contributed by atoms with Gasteiger partial charge in [0.1, 0.15) is 0 Å². The highest BCUT2D eigenvalue weighted by atomic mass is 32.2. The summed E-state index contributed by atoms with van der Waals surface area (Å²) in [6.45, 7) is 2.78. The number of benzene rings is 2. The van der Waals surface area contributed by atoms with Gasteiger partial charge in [0.15, 0.2) is 6.61 Å². The molecule has 0 radical (unpaired) electrons. The summed E-state index contributed by atoms with van der Waals surface area (Å²) in [6, 6.07) is 8.98. The largest absolute Gasteiger partial charge is 0.452 e. The number of hydrogen-bond acceptors (Lipinski definition) is 7. The van der Waals surface area contributed by atoms with Gasteiger partial charge in [0.25, 0.3) is 5.91 Å². The minimum Gasteiger partial charge on any atom is -0.452 e. The van der Waals surface area contributed by atoms with Gasteiger partial charge < -0.3 is 15.4 Å². The second-order valence-corrected chi connectivity index (χ2v) is 9.52. The fraction of sp³-hybridized carbons (Fsp3) is 0.211. The Morgan fingerprint density at radius 1 is 1.23 bits per heavy atom. The Kier molecular flexibility index (Phi) is 6.15. The van der Waals surface area contributed by atoms with E-state index < -0.39 is 28.5 Å². The number of anilines is 2. The molecule has 30 heavy (non-hydrogen) atoms. The molecule has 0 aromatic heterocycles. The quantitative estimate of drug-likeness (QED) is 0.591. The summed E-state index contributed by atoms with van der Waals surface area (Å²) >= 11 is 1.38. The van der Waals surface area contributed by atoms with Crippen LogP contribution in [0.4, 0.5) is 11.4 Å². The van der Waals surface area contributed by atoms with E-state index in [0.717, 1.165) is 4.90 Å². The highest BCUT2D eigenvalue weighted by molar-refractivity contribution is 8.01. The number of nitrogens with two attached hydrogens (primary N) is 1. The molecule has 4 N–H and O–H groups in total. The fourth-order valence-corrected chi connectivity index (χ4v) is 4.47. The number of rotatable bonds is 5. The molecule has 1 heterocycles. The maximum atomic E-state index is 12.2. The van der Waals surface area contributed by atoms with Crippen LogP contribution in [-0.2, 0) is 24.3 Å². The Morgan fingerprint density at radius 2 is 1.97 bits per heavy atom. The first-order chi connectivity index (χ1) is 14.0. The molecule has 1 aliphatic rings. The summed E-state index contributed by atoms with van der Waals surface area (Å²) in [4.78, 5) is 36.8. The third kappa shape index (κ3) is 4.99. The number of thioether (sulfide) groups is 1. The minimum absolute atomic E-state index is 0.111. The number of hydrogen-bond donors (Lipinski definition) is 3. The SMILES string of the molecule is Cc1ccc(NC(=O)COC(=O)c2ccc3c(c2)NC(=O)C(C)S3)cc1S(N)(=O)=O. The third-order valence-corrected chi connectivity index (χ3v) is 6.49. The number of fused-ring (bicyclic) bond motifs is 1. The van der Waals surface area contributed by atoms with E-state index in [2.05, 4.69) is 10.6 Å². The lowest BCUT2D eigenvalue weighted by molar-refractivity contribution is -0.119. The number of ether oxygens (including phenoxy) is 1. The van der Waals surface area contributed by atoms with Crippen molar-refractivity contribution in [3.63, 3.8) is 0 Å². The predicted octanol–water partition coefficient (Wildman–Crippen LogP) is 1.87. The molecule has 0 bridgehead atoms. The molecule has 0 saturated carbocycles. The van der Waals surface area contributed by atoms with E-state index in [-0.39, 0.29) is 27.3 Å². The smallest absolute Gasteiger partial charge is 0.338 e. The molecule has 0 saturated heterocycles. The molecular weight excluding hydrogens is 430 g/mol. The maximum absolute atomic E-state index is 12.2. The molecule has 0 fully saturated rings. The van der Waals surface area contributed by atoms with Crippen LogP contribution in [0.15, 0.2) is 46.2 Å². The first-order valence-electron chi connectivity index (χ1n) is 8.76. The van der Waals surface area contributed by atoms with Crippen LogP contribution in [0.25, 0.3) is 0 Å². The summed E-state index contributed by atoms with van der Waals surface area (Å²) in [5.41, 5.74) is 1.34. The van der Waals surface area contributed by atoms with Gasteiger partial charge in [0, 0.05) is 10.6 Å². The zero-order valence-corrected chi connectivity index (χ0v) is 17.7. The van der Waals surface area contributed by atoms with Crippen LogP contribution in [-0.4, -0.2) is 38.1 Å². The second-order valence-electron chi connectivity index (χ2n) is 6.61. The Labute approximate surface area is 177 Å². The lowest BCUT2D eigenvalue weighted by Gasteiger charge is -2.21. The van der Waals surface area contributed by atoms with E-state index in [4.69, 9.17) is 9.88 Å². The number of esters is 1. The van der Waals surface area contributed by atoms with Crippen LogP contribution < -0.4 is 15.8 Å². The van der Waals surface area contributed by atoms with Crippen molar-refractivity contribution in [3.8, 4) is 0 Å². The summed E-state index contributed by atoms with van der Waals surface area (Å²) in [7, 11) is -3.94. The normalized spacial score (nSPS) is 15.7. The van der Waals surface area contributed by atoms with Gasteiger partial charge in [-0.25, -0.2) is 18.4 Å². The first kappa shape index (κ1) is 21.8. The lowest BCUT2D eigenvalue weighted by atomic mass is 10.2. The van der Waals surface area contributed by atoms with E-state index in [9.17, 15) is 22.8 Å². The Balaban J connectivity index is 1.62. The van der Waals surface area contributed by atoms with Gasteiger partial charge in [-0.15, -0.1) is 11.8 Å². The van der Waals surface area contributed by atoms with Crippen molar-refractivity contribution in [2.45, 2.75) is 28.9 Å². The van der Waals surface area contributed by atoms with Crippen molar-refractivity contribution in [1.82, 2.24) is 0 Å². The molecule has 2 aromatic rings. The zero-order chi connectivity index (χ0) is 22.1. The number of primary sulfonamides is 1. The van der Waals surface area contributed by atoms with E-state index in [1.807, 2.05) is 0 Å². The molecule has 0 aliphatic carbocycles. The van der Waals surface area contributed by atoms with Crippen LogP contribution in [0.1, 0.15) is 22.8 Å². The third-order valence-electron chi connectivity index (χ3n) is 4.26. The van der Waals surface area contributed by atoms with Gasteiger partial charge in [-0.2, -0.15) is 0 Å². The number of carbonyl (C=O) groups excluding carboxylic acids is 3. The van der Waals surface area contributed by atoms with Crippen molar-refractivity contribution >= 4 is 50.9 Å². The van der Waals surface area contributed by atoms with Crippen LogP contribution in [0.2, 0.25) is 0 Å². The average Bonchev–Trinajstić information content (AvgIpc) is 2.67. The van der Waals surface area contributed by atoms with Crippen molar-refractivity contribution in [3.05, 3.63) is 47.5 Å². The fourth-order valence-electron chi connectivity index (χ4n) is 2.73. The number of nitrogens with one attached hydrogen (secondary N) is 2. The number of amides is 2. The van der Waals surface area contributed by atoms with E-state index >= 15 is 0 Å². The van der Waals surface area contributed by atoms with Gasteiger partial charge >= 0.3 is 5.97 Å². The molecule has 11 heteroatoms. The van der Waals surface area contributed by atoms with Crippen LogP contribution in [0.5, 0.6) is 0 Å². The highest BCUT2D eigenvalue weighted by Crippen LogP contribution is 2.36. The molecular formula is C19H19N3O6S2. The Morgan fingerprint density at radius 3 is 2.67 bits per heavy atom. The summed E-state index contributed by atoms with van der Waals surface area (Å²) in [6.07, 6.45) is 0. The van der Waals surface area contributed by atoms with Gasteiger partial charge in [-0.05, 0) is 49.7 Å². The lowest BCUT2D eigenvalue weighted by Crippen LogP contribution is -2.26. The standard InChI is InChI=1S/C19H19N3O6S2/c1-10-3-5-13(8-16(10)30(20,26)27)21-17(23)9-28-19(25)12-4-6-15-14(7-12)22-18(24)11(2)29-15/h3-8,11H,9H2,1-2H3,(H,21,23)(H,22,24)(H2,20,26,27). The Bertz CT molecular complexity index is 1150. The molecule has 1 aliphatic heterocycles. The Hall–Kier alpha value is -2.89. The van der Waals surface area contributed by atoms with Crippen LogP contribution in [0.3, 0.4) is 0 Å². The van der Waals surface area contributed by atoms with E-state index in [0.29, 0.717) is 11.3 Å². The molecule has 2 amide bonds. The van der Waals surface area contributed by atoms with Gasteiger partial charge in [0.2, 0.25) is 15.9 Å². The number of sulfonamides is 1. The van der Waals surface area contributed by atoms with Crippen molar-refractivity contribution < 1.29 is 27.5 Å². The van der Waals surface area contributed by atoms with Crippen LogP contribution >= 0.6 is 11.8 Å². The highest BCUT2D eigenvalue weighted by Gasteiger charge is 2.24. The predicted molar refractivity (Wildman–Crippen MR) is 112 cm³/mol. The second kappa shape index (κ2) is 8.46. The van der Waals surface area contributed by atoms with Crippen molar-refractivity contribution in [2.75, 3.05) is 17.2 Å². The molecule has 1 atom stereocenters. The molecule has 0 spiro atoms. The average molecular weight is 450 g/mol. The van der Waals surface area contributed by atoms with Gasteiger partial charge in [-0.3, -0.25) is 9.59 Å². The molecule has 158 valence electrons.